The van der Waals surface area contributed by atoms with Gasteiger partial charge in [-0.3, -0.25) is 5.10 Å². The highest BCUT2D eigenvalue weighted by atomic mass is 32.2. The van der Waals surface area contributed by atoms with Crippen molar-refractivity contribution in [1.29, 1.82) is 0 Å². The summed E-state index contributed by atoms with van der Waals surface area (Å²) in [6.45, 7) is 0.112. The molecule has 18 heavy (non-hydrogen) atoms. The predicted octanol–water partition coefficient (Wildman–Crippen LogP) is 1.60. The van der Waals surface area contributed by atoms with Crippen LogP contribution in [0.2, 0.25) is 0 Å². The molecule has 98 valence electrons. The lowest BCUT2D eigenvalue weighted by Gasteiger charge is -2.08. The van der Waals surface area contributed by atoms with E-state index < -0.39 is 5.51 Å². The van der Waals surface area contributed by atoms with Crippen molar-refractivity contribution in [2.75, 3.05) is 23.3 Å². The Balaban J connectivity index is 2.01. The number of fused-ring (bicyclic) bond motifs is 1. The largest absolute Gasteiger partial charge is 0.441 e. The minimum atomic E-state index is -4.22. The van der Waals surface area contributed by atoms with Crippen LogP contribution in [-0.2, 0) is 0 Å². The van der Waals surface area contributed by atoms with Crippen molar-refractivity contribution in [3.05, 3.63) is 6.20 Å². The average molecular weight is 278 g/mol. The fourth-order valence-corrected chi connectivity index (χ4v) is 1.76. The van der Waals surface area contributed by atoms with Gasteiger partial charge in [0.1, 0.15) is 5.82 Å². The average Bonchev–Trinajstić information content (AvgIpc) is 2.70. The van der Waals surface area contributed by atoms with Crippen LogP contribution in [-0.4, -0.2) is 38.0 Å². The molecule has 0 saturated heterocycles. The Morgan fingerprint density at radius 2 is 2.17 bits per heavy atom. The van der Waals surface area contributed by atoms with Crippen LogP contribution in [0.5, 0.6) is 0 Å². The summed E-state index contributed by atoms with van der Waals surface area (Å²) in [6.07, 6.45) is 1.48. The van der Waals surface area contributed by atoms with E-state index >= 15 is 0 Å². The zero-order valence-corrected chi connectivity index (χ0v) is 9.77. The number of hydrogen-bond acceptors (Lipinski definition) is 6. The third kappa shape index (κ3) is 3.15. The molecule has 0 bridgehead atoms. The van der Waals surface area contributed by atoms with Crippen LogP contribution in [0, 0.1) is 0 Å². The monoisotopic (exact) mass is 278 g/mol. The van der Waals surface area contributed by atoms with Crippen LogP contribution in [0.3, 0.4) is 0 Å². The number of aromatic amines is 1. The number of H-pyrrole nitrogens is 1. The number of thioether (sulfide) groups is 1. The topological polar surface area (TPSA) is 92.5 Å². The Kier molecular flexibility index (Phi) is 3.45. The number of nitrogens with two attached hydrogens (primary N) is 1. The van der Waals surface area contributed by atoms with Crippen molar-refractivity contribution in [3.63, 3.8) is 0 Å². The number of nitrogens with zero attached hydrogens (tertiary/aromatic N) is 3. The lowest BCUT2D eigenvalue weighted by atomic mass is 10.4. The molecule has 2 heterocycles. The second-order valence-electron chi connectivity index (χ2n) is 3.28. The van der Waals surface area contributed by atoms with Crippen LogP contribution in [0.15, 0.2) is 6.20 Å². The standard InChI is InChI=1S/C8H9F3N6S/c9-8(10,11)18-2-1-13-5-4-3-14-17-6(4)16-7(12)15-5/h3H,1-2H2,(H4,12,13,14,15,16,17). The summed E-state index contributed by atoms with van der Waals surface area (Å²) in [5.41, 5.74) is 1.68. The van der Waals surface area contributed by atoms with Crippen LogP contribution in [0.1, 0.15) is 0 Å². The van der Waals surface area contributed by atoms with Gasteiger partial charge in [-0.15, -0.1) is 0 Å². The Morgan fingerprint density at radius 3 is 2.89 bits per heavy atom. The maximum Gasteiger partial charge on any atom is 0.441 e. The van der Waals surface area contributed by atoms with Crippen LogP contribution in [0.4, 0.5) is 24.9 Å². The molecule has 6 nitrogen and oxygen atoms in total. The summed E-state index contributed by atoms with van der Waals surface area (Å²) < 4.78 is 35.8. The highest BCUT2D eigenvalue weighted by molar-refractivity contribution is 8.00. The van der Waals surface area contributed by atoms with Crippen LogP contribution < -0.4 is 11.1 Å². The maximum absolute atomic E-state index is 11.9. The number of rotatable bonds is 4. The molecule has 0 atom stereocenters. The van der Waals surface area contributed by atoms with Gasteiger partial charge in [-0.2, -0.15) is 28.2 Å². The molecule has 2 rings (SSSR count). The van der Waals surface area contributed by atoms with E-state index in [4.69, 9.17) is 5.73 Å². The fraction of sp³-hybridized carbons (Fsp3) is 0.375. The van der Waals surface area contributed by atoms with E-state index in [1.165, 1.54) is 6.20 Å². The van der Waals surface area contributed by atoms with E-state index in [-0.39, 0.29) is 30.0 Å². The van der Waals surface area contributed by atoms with Gasteiger partial charge >= 0.3 is 5.51 Å². The number of nitrogens with one attached hydrogen (secondary N) is 2. The van der Waals surface area contributed by atoms with Crippen molar-refractivity contribution in [1.82, 2.24) is 20.2 Å². The van der Waals surface area contributed by atoms with Crippen LogP contribution in [0.25, 0.3) is 11.0 Å². The number of aromatic nitrogens is 4. The number of alkyl halides is 3. The summed E-state index contributed by atoms with van der Waals surface area (Å²) in [6, 6.07) is 0. The van der Waals surface area contributed by atoms with E-state index in [2.05, 4.69) is 25.5 Å². The van der Waals surface area contributed by atoms with Gasteiger partial charge in [-0.05, 0) is 11.8 Å². The molecule has 0 unspecified atom stereocenters. The Morgan fingerprint density at radius 1 is 1.39 bits per heavy atom. The molecule has 0 aliphatic carbocycles. The van der Waals surface area contributed by atoms with E-state index in [1.807, 2.05) is 0 Å². The molecule has 2 aromatic heterocycles. The summed E-state index contributed by atoms with van der Waals surface area (Å²) in [5.74, 6) is 0.277. The normalized spacial score (nSPS) is 11.9. The van der Waals surface area contributed by atoms with Crippen molar-refractivity contribution in [3.8, 4) is 0 Å². The van der Waals surface area contributed by atoms with Crippen molar-refractivity contribution >= 4 is 34.6 Å². The van der Waals surface area contributed by atoms with Gasteiger partial charge in [0.05, 0.1) is 11.6 Å². The van der Waals surface area contributed by atoms with Gasteiger partial charge in [0.15, 0.2) is 5.65 Å². The minimum Gasteiger partial charge on any atom is -0.368 e. The Labute approximate surface area is 104 Å². The first-order valence-electron chi connectivity index (χ1n) is 4.87. The van der Waals surface area contributed by atoms with Gasteiger partial charge in [-0.25, -0.2) is 0 Å². The lowest BCUT2D eigenvalue weighted by Crippen LogP contribution is -2.11. The maximum atomic E-state index is 11.9. The SMILES string of the molecule is Nc1nc(NCCSC(F)(F)F)c2cn[nH]c2n1. The molecule has 2 aromatic rings. The molecular formula is C8H9F3N6S. The van der Waals surface area contributed by atoms with Gasteiger partial charge in [0.2, 0.25) is 5.95 Å². The van der Waals surface area contributed by atoms with Gasteiger partial charge < -0.3 is 11.1 Å². The van der Waals surface area contributed by atoms with Gasteiger partial charge in [0.25, 0.3) is 0 Å². The van der Waals surface area contributed by atoms with E-state index in [9.17, 15) is 13.2 Å². The zero-order valence-electron chi connectivity index (χ0n) is 8.95. The van der Waals surface area contributed by atoms with E-state index in [0.29, 0.717) is 16.9 Å². The predicted molar refractivity (Wildman–Crippen MR) is 63.1 cm³/mol. The zero-order chi connectivity index (χ0) is 13.2. The molecule has 10 heteroatoms. The second-order valence-corrected chi connectivity index (χ2v) is 4.44. The first-order valence-corrected chi connectivity index (χ1v) is 5.85. The third-order valence-electron chi connectivity index (χ3n) is 1.99. The molecule has 0 radical (unpaired) electrons. The summed E-state index contributed by atoms with van der Waals surface area (Å²) in [5, 5.41) is 9.73. The molecule has 0 aliphatic rings. The number of nitrogen functional groups attached to an aromatic ring is 1. The summed E-state index contributed by atoms with van der Waals surface area (Å²) >= 11 is -0.0961. The second kappa shape index (κ2) is 4.88. The molecule has 0 spiro atoms. The van der Waals surface area contributed by atoms with Crippen molar-refractivity contribution in [2.24, 2.45) is 0 Å². The highest BCUT2D eigenvalue weighted by Crippen LogP contribution is 2.29. The lowest BCUT2D eigenvalue weighted by molar-refractivity contribution is -0.0327. The molecule has 0 aromatic carbocycles. The minimum absolute atomic E-state index is 0.0257. The summed E-state index contributed by atoms with van der Waals surface area (Å²) in [4.78, 5) is 7.80. The number of anilines is 2. The fourth-order valence-electron chi connectivity index (χ4n) is 1.32. The smallest absolute Gasteiger partial charge is 0.368 e. The quantitative estimate of drug-likeness (QED) is 0.736. The molecule has 0 saturated carbocycles. The van der Waals surface area contributed by atoms with E-state index in [0.717, 1.165) is 0 Å². The molecular weight excluding hydrogens is 269 g/mol. The molecule has 0 aliphatic heterocycles. The third-order valence-corrected chi connectivity index (χ3v) is 2.72. The van der Waals surface area contributed by atoms with E-state index in [1.54, 1.807) is 0 Å². The molecule has 4 N–H and O–H groups in total. The highest BCUT2D eigenvalue weighted by Gasteiger charge is 2.27. The Hall–Kier alpha value is -1.71. The van der Waals surface area contributed by atoms with Gasteiger partial charge in [0, 0.05) is 12.3 Å². The number of hydrogen-bond donors (Lipinski definition) is 3. The Bertz CT molecular complexity index is 539. The van der Waals surface area contributed by atoms with Crippen LogP contribution >= 0.6 is 11.8 Å². The first kappa shape index (κ1) is 12.7. The molecule has 0 amide bonds. The van der Waals surface area contributed by atoms with Gasteiger partial charge in [-0.1, -0.05) is 0 Å². The van der Waals surface area contributed by atoms with Crippen molar-refractivity contribution < 1.29 is 13.2 Å². The number of halogens is 3. The van der Waals surface area contributed by atoms with Crippen molar-refractivity contribution in [2.45, 2.75) is 5.51 Å². The summed E-state index contributed by atoms with van der Waals surface area (Å²) in [7, 11) is 0. The first-order chi connectivity index (χ1) is 8.46. The molecule has 0 fully saturated rings.